The minimum atomic E-state index is -0.415. The van der Waals surface area contributed by atoms with Crippen LogP contribution < -0.4 is 15.9 Å². The fourth-order valence-corrected chi connectivity index (χ4v) is 1.84. The molecule has 0 bridgehead atoms. The molecule has 1 rings (SSSR count). The van der Waals surface area contributed by atoms with Crippen LogP contribution in [0.1, 0.15) is 0 Å². The molecule has 0 aromatic heterocycles. The zero-order chi connectivity index (χ0) is 13.7. The zero-order valence-corrected chi connectivity index (χ0v) is 11.6. The van der Waals surface area contributed by atoms with Gasteiger partial charge in [0.1, 0.15) is 11.8 Å². The number of halogens is 2. The molecule has 0 saturated heterocycles. The summed E-state index contributed by atoms with van der Waals surface area (Å²) in [4.78, 5) is 0. The van der Waals surface area contributed by atoms with E-state index in [9.17, 15) is 0 Å². The third-order valence-corrected chi connectivity index (χ3v) is 2.84. The molecule has 1 aromatic rings. The van der Waals surface area contributed by atoms with Gasteiger partial charge in [-0.2, -0.15) is 10.4 Å². The Morgan fingerprint density at radius 1 is 1.67 bits per heavy atom. The van der Waals surface area contributed by atoms with Gasteiger partial charge in [0.05, 0.1) is 17.8 Å². The van der Waals surface area contributed by atoms with Crippen LogP contribution in [-0.2, 0) is 0 Å². The van der Waals surface area contributed by atoms with Crippen LogP contribution >= 0.6 is 27.5 Å². The van der Waals surface area contributed by atoms with Crippen molar-refractivity contribution in [2.45, 2.75) is 0 Å². The van der Waals surface area contributed by atoms with E-state index in [-0.39, 0.29) is 5.71 Å². The highest BCUT2D eigenvalue weighted by Crippen LogP contribution is 2.34. The van der Waals surface area contributed by atoms with Crippen molar-refractivity contribution in [2.24, 2.45) is 10.8 Å². The Balaban J connectivity index is 3.06. The molecule has 8 heteroatoms. The topological polar surface area (TPSA) is 107 Å². The summed E-state index contributed by atoms with van der Waals surface area (Å²) in [5.74, 6) is 0.0425. The predicted molar refractivity (Wildman–Crippen MR) is 74.3 cm³/mol. The van der Waals surface area contributed by atoms with Crippen LogP contribution in [0.3, 0.4) is 0 Å². The van der Waals surface area contributed by atoms with Gasteiger partial charge >= 0.3 is 0 Å². The second kappa shape index (κ2) is 6.23. The molecule has 6 nitrogen and oxygen atoms in total. The lowest BCUT2D eigenvalue weighted by atomic mass is 10.3. The van der Waals surface area contributed by atoms with E-state index in [0.29, 0.717) is 20.9 Å². The van der Waals surface area contributed by atoms with Gasteiger partial charge in [0.25, 0.3) is 0 Å². The fourth-order valence-electron chi connectivity index (χ4n) is 1.03. The van der Waals surface area contributed by atoms with Crippen LogP contribution in [0.15, 0.2) is 21.7 Å². The largest absolute Gasteiger partial charge is 0.495 e. The fraction of sp³-hybridized carbons (Fsp3) is 0.100. The monoisotopic (exact) mass is 329 g/mol. The molecule has 0 spiro atoms. The second-order valence-corrected chi connectivity index (χ2v) is 4.33. The quantitative estimate of drug-likeness (QED) is 0.447. The average molecular weight is 331 g/mol. The minimum Gasteiger partial charge on any atom is -0.495 e. The summed E-state index contributed by atoms with van der Waals surface area (Å²) >= 11 is 9.20. The van der Waals surface area contributed by atoms with Gasteiger partial charge in [-0.1, -0.05) is 11.6 Å². The zero-order valence-electron chi connectivity index (χ0n) is 9.29. The maximum Gasteiger partial charge on any atom is 0.201 e. The van der Waals surface area contributed by atoms with Crippen LogP contribution in [-0.4, -0.2) is 18.7 Å². The van der Waals surface area contributed by atoms with Gasteiger partial charge < -0.3 is 10.5 Å². The lowest BCUT2D eigenvalue weighted by molar-refractivity contribution is 0.415. The molecule has 4 N–H and O–H groups in total. The first kappa shape index (κ1) is 14.3. The Hall–Kier alpha value is -1.78. The Morgan fingerprint density at radius 3 is 2.83 bits per heavy atom. The first-order valence-electron chi connectivity index (χ1n) is 4.60. The van der Waals surface area contributed by atoms with Crippen molar-refractivity contribution in [1.29, 1.82) is 10.7 Å². The number of hydrogen-bond donors (Lipinski definition) is 3. The molecular formula is C10H9BrClN5O. The molecular weight excluding hydrogens is 322 g/mol. The summed E-state index contributed by atoms with van der Waals surface area (Å²) in [6.45, 7) is 0. The summed E-state index contributed by atoms with van der Waals surface area (Å²) < 4.78 is 5.68. The van der Waals surface area contributed by atoms with Crippen molar-refractivity contribution in [1.82, 2.24) is 0 Å². The van der Waals surface area contributed by atoms with E-state index in [4.69, 9.17) is 32.7 Å². The van der Waals surface area contributed by atoms with E-state index in [0.717, 1.165) is 0 Å². The summed E-state index contributed by atoms with van der Waals surface area (Å²) in [5.41, 5.74) is 8.09. The number of anilines is 1. The SMILES string of the molecule is COc1cc(N/N=C(\C#N)C(=N)N)c(Br)cc1Cl. The summed E-state index contributed by atoms with van der Waals surface area (Å²) in [6, 6.07) is 4.92. The Bertz CT molecular complexity index is 552. The van der Waals surface area contributed by atoms with Crippen LogP contribution in [0.4, 0.5) is 5.69 Å². The number of ether oxygens (including phenoxy) is 1. The van der Waals surface area contributed by atoms with Gasteiger partial charge in [0, 0.05) is 10.5 Å². The third kappa shape index (κ3) is 3.35. The predicted octanol–water partition coefficient (Wildman–Crippen LogP) is 2.34. The number of amidine groups is 1. The average Bonchev–Trinajstić information content (AvgIpc) is 2.31. The van der Waals surface area contributed by atoms with E-state index in [1.54, 1.807) is 18.2 Å². The number of rotatable bonds is 4. The van der Waals surface area contributed by atoms with Crippen LogP contribution in [0.5, 0.6) is 5.75 Å². The van der Waals surface area contributed by atoms with E-state index in [1.807, 2.05) is 0 Å². The molecule has 0 saturated carbocycles. The highest BCUT2D eigenvalue weighted by molar-refractivity contribution is 9.10. The number of hydrogen-bond acceptors (Lipinski definition) is 5. The van der Waals surface area contributed by atoms with Crippen LogP contribution in [0.25, 0.3) is 0 Å². The summed E-state index contributed by atoms with van der Waals surface area (Å²) in [5, 5.41) is 19.9. The van der Waals surface area contributed by atoms with Crippen molar-refractivity contribution in [3.8, 4) is 11.8 Å². The lowest BCUT2D eigenvalue weighted by Gasteiger charge is -2.08. The first-order valence-corrected chi connectivity index (χ1v) is 5.78. The number of hydrazone groups is 1. The van der Waals surface area contributed by atoms with E-state index in [2.05, 4.69) is 26.5 Å². The van der Waals surface area contributed by atoms with E-state index >= 15 is 0 Å². The molecule has 0 radical (unpaired) electrons. The maximum absolute atomic E-state index is 8.69. The first-order chi connectivity index (χ1) is 8.49. The lowest BCUT2D eigenvalue weighted by Crippen LogP contribution is -2.21. The molecule has 0 amide bonds. The molecule has 0 atom stereocenters. The van der Waals surface area contributed by atoms with E-state index in [1.165, 1.54) is 7.11 Å². The number of methoxy groups -OCH3 is 1. The Labute approximate surface area is 117 Å². The highest BCUT2D eigenvalue weighted by atomic mass is 79.9. The van der Waals surface area contributed by atoms with Gasteiger partial charge in [-0.25, -0.2) is 0 Å². The number of benzene rings is 1. The van der Waals surface area contributed by atoms with Crippen molar-refractivity contribution >= 4 is 44.8 Å². The van der Waals surface area contributed by atoms with Gasteiger partial charge in [-0.15, -0.1) is 0 Å². The highest BCUT2D eigenvalue weighted by Gasteiger charge is 2.08. The molecule has 0 fully saturated rings. The molecule has 0 unspecified atom stereocenters. The van der Waals surface area contributed by atoms with Crippen molar-refractivity contribution in [3.05, 3.63) is 21.6 Å². The molecule has 0 aliphatic heterocycles. The Kier molecular flexibility index (Phi) is 4.95. The number of nitrogens with zero attached hydrogens (tertiary/aromatic N) is 2. The number of nitrogens with two attached hydrogens (primary N) is 1. The normalized spacial score (nSPS) is 10.7. The third-order valence-electron chi connectivity index (χ3n) is 1.89. The smallest absolute Gasteiger partial charge is 0.201 e. The standard InChI is InChI=1S/C10H9BrClN5O/c1-18-9-3-7(5(11)2-6(9)12)16-17-8(4-13)10(14)15/h2-3,16H,1H3,(H3,14,15)/b17-8+. The molecule has 1 aromatic carbocycles. The van der Waals surface area contributed by atoms with E-state index < -0.39 is 5.84 Å². The van der Waals surface area contributed by atoms with Gasteiger partial charge in [0.15, 0.2) is 5.84 Å². The molecule has 94 valence electrons. The maximum atomic E-state index is 8.69. The van der Waals surface area contributed by atoms with Gasteiger partial charge in [-0.05, 0) is 22.0 Å². The van der Waals surface area contributed by atoms with Crippen molar-refractivity contribution in [2.75, 3.05) is 12.5 Å². The molecule has 18 heavy (non-hydrogen) atoms. The van der Waals surface area contributed by atoms with Crippen molar-refractivity contribution < 1.29 is 4.74 Å². The molecule has 0 aliphatic carbocycles. The van der Waals surface area contributed by atoms with Crippen LogP contribution in [0, 0.1) is 16.7 Å². The second-order valence-electron chi connectivity index (χ2n) is 3.06. The Morgan fingerprint density at radius 2 is 2.33 bits per heavy atom. The van der Waals surface area contributed by atoms with Gasteiger partial charge in [0.2, 0.25) is 5.71 Å². The summed E-state index contributed by atoms with van der Waals surface area (Å²) in [7, 11) is 1.48. The number of nitriles is 1. The summed E-state index contributed by atoms with van der Waals surface area (Å²) in [6.07, 6.45) is 0. The molecule has 0 aliphatic rings. The van der Waals surface area contributed by atoms with Gasteiger partial charge in [-0.3, -0.25) is 10.8 Å². The van der Waals surface area contributed by atoms with Crippen molar-refractivity contribution in [3.63, 3.8) is 0 Å². The number of nitrogens with one attached hydrogen (secondary N) is 2. The van der Waals surface area contributed by atoms with Crippen LogP contribution in [0.2, 0.25) is 5.02 Å². The molecule has 0 heterocycles. The minimum absolute atomic E-state index is 0.212.